The normalized spacial score (nSPS) is 10.8. The highest BCUT2D eigenvalue weighted by atomic mass is 35.5. The molecule has 7 heteroatoms. The van der Waals surface area contributed by atoms with Crippen LogP contribution < -0.4 is 5.73 Å². The monoisotopic (exact) mass is 281 g/mol. The van der Waals surface area contributed by atoms with Crippen molar-refractivity contribution in [1.29, 1.82) is 0 Å². The van der Waals surface area contributed by atoms with Crippen LogP contribution in [0.15, 0.2) is 18.2 Å². The van der Waals surface area contributed by atoms with E-state index in [0.717, 1.165) is 12.0 Å². The van der Waals surface area contributed by atoms with Gasteiger partial charge in [-0.15, -0.1) is 5.10 Å². The maximum Gasteiger partial charge on any atom is 0.184 e. The van der Waals surface area contributed by atoms with Gasteiger partial charge in [0, 0.05) is 25.3 Å². The van der Waals surface area contributed by atoms with Crippen molar-refractivity contribution in [1.82, 2.24) is 20.2 Å². The molecule has 0 fully saturated rings. The Morgan fingerprint density at radius 2 is 2.26 bits per heavy atom. The summed E-state index contributed by atoms with van der Waals surface area (Å²) in [5.74, 6) is 0.622. The lowest BCUT2D eigenvalue weighted by atomic mass is 10.1. The predicted octanol–water partition coefficient (Wildman–Crippen LogP) is 2.00. The van der Waals surface area contributed by atoms with E-state index in [1.165, 1.54) is 0 Å². The lowest BCUT2D eigenvalue weighted by Crippen LogP contribution is -2.07. The standard InChI is InChI=1S/C12H16ClN5O/c1-2-19-8-4-7-18-12(15-16-17-18)9-5-3-6-10(13)11(9)14/h3,5-6H,2,4,7-8,14H2,1H3. The zero-order valence-corrected chi connectivity index (χ0v) is 11.5. The van der Waals surface area contributed by atoms with E-state index in [1.807, 2.05) is 19.1 Å². The van der Waals surface area contributed by atoms with Crippen LogP contribution in [0.2, 0.25) is 5.02 Å². The second kappa shape index (κ2) is 6.49. The highest BCUT2D eigenvalue weighted by Crippen LogP contribution is 2.29. The number of nitrogens with zero attached hydrogens (tertiary/aromatic N) is 4. The molecule has 102 valence electrons. The molecule has 19 heavy (non-hydrogen) atoms. The molecule has 0 aliphatic rings. The highest BCUT2D eigenvalue weighted by Gasteiger charge is 2.13. The molecular formula is C12H16ClN5O. The highest BCUT2D eigenvalue weighted by molar-refractivity contribution is 6.33. The molecule has 0 saturated carbocycles. The van der Waals surface area contributed by atoms with E-state index in [4.69, 9.17) is 22.1 Å². The van der Waals surface area contributed by atoms with Gasteiger partial charge in [0.25, 0.3) is 0 Å². The van der Waals surface area contributed by atoms with Crippen molar-refractivity contribution in [3.63, 3.8) is 0 Å². The molecule has 0 aliphatic heterocycles. The number of aryl methyl sites for hydroxylation is 1. The van der Waals surface area contributed by atoms with E-state index in [0.29, 0.717) is 36.3 Å². The molecule has 1 aromatic heterocycles. The molecule has 2 rings (SSSR count). The number of nitrogens with two attached hydrogens (primary N) is 1. The Morgan fingerprint density at radius 1 is 1.42 bits per heavy atom. The largest absolute Gasteiger partial charge is 0.397 e. The molecule has 0 saturated heterocycles. The number of rotatable bonds is 6. The first-order valence-electron chi connectivity index (χ1n) is 6.12. The van der Waals surface area contributed by atoms with Gasteiger partial charge in [0.2, 0.25) is 0 Å². The van der Waals surface area contributed by atoms with Crippen molar-refractivity contribution < 1.29 is 4.74 Å². The SMILES string of the molecule is CCOCCCn1nnnc1-c1cccc(Cl)c1N. The summed E-state index contributed by atoms with van der Waals surface area (Å²) in [5.41, 5.74) is 7.19. The third kappa shape index (κ3) is 3.21. The van der Waals surface area contributed by atoms with Gasteiger partial charge in [0.05, 0.1) is 10.7 Å². The zero-order valence-electron chi connectivity index (χ0n) is 10.7. The fourth-order valence-electron chi connectivity index (χ4n) is 1.74. The van der Waals surface area contributed by atoms with Crippen LogP contribution in [0, 0.1) is 0 Å². The molecular weight excluding hydrogens is 266 g/mol. The maximum absolute atomic E-state index is 6.01. The fourth-order valence-corrected chi connectivity index (χ4v) is 1.92. The molecule has 0 atom stereocenters. The fraction of sp³-hybridized carbons (Fsp3) is 0.417. The van der Waals surface area contributed by atoms with Gasteiger partial charge < -0.3 is 10.5 Å². The van der Waals surface area contributed by atoms with Gasteiger partial charge in [-0.2, -0.15) is 0 Å². The van der Waals surface area contributed by atoms with Gasteiger partial charge >= 0.3 is 0 Å². The first-order chi connectivity index (χ1) is 9.24. The Labute approximate surface area is 116 Å². The van der Waals surface area contributed by atoms with Gasteiger partial charge in [-0.05, 0) is 35.9 Å². The number of benzene rings is 1. The first kappa shape index (κ1) is 13.8. The van der Waals surface area contributed by atoms with E-state index >= 15 is 0 Å². The Balaban J connectivity index is 2.17. The van der Waals surface area contributed by atoms with Gasteiger partial charge in [-0.25, -0.2) is 4.68 Å². The van der Waals surface area contributed by atoms with Crippen LogP contribution >= 0.6 is 11.6 Å². The zero-order chi connectivity index (χ0) is 13.7. The average Bonchev–Trinajstić information content (AvgIpc) is 2.86. The number of hydrogen-bond acceptors (Lipinski definition) is 5. The maximum atomic E-state index is 6.01. The van der Waals surface area contributed by atoms with Crippen LogP contribution in [0.1, 0.15) is 13.3 Å². The van der Waals surface area contributed by atoms with Crippen molar-refractivity contribution in [3.05, 3.63) is 23.2 Å². The van der Waals surface area contributed by atoms with E-state index < -0.39 is 0 Å². The van der Waals surface area contributed by atoms with Gasteiger partial charge in [0.15, 0.2) is 5.82 Å². The molecule has 0 radical (unpaired) electrons. The van der Waals surface area contributed by atoms with E-state index in [1.54, 1.807) is 10.7 Å². The molecule has 0 amide bonds. The smallest absolute Gasteiger partial charge is 0.184 e. The predicted molar refractivity (Wildman–Crippen MR) is 73.8 cm³/mol. The Morgan fingerprint density at radius 3 is 3.05 bits per heavy atom. The summed E-state index contributed by atoms with van der Waals surface area (Å²) in [6.45, 7) is 4.04. The number of aromatic nitrogens is 4. The molecule has 0 bridgehead atoms. The van der Waals surface area contributed by atoms with Crippen LogP contribution in [-0.2, 0) is 11.3 Å². The lowest BCUT2D eigenvalue weighted by molar-refractivity contribution is 0.141. The van der Waals surface area contributed by atoms with E-state index in [9.17, 15) is 0 Å². The molecule has 2 aromatic rings. The number of hydrogen-bond donors (Lipinski definition) is 1. The number of nitrogen functional groups attached to an aromatic ring is 1. The van der Waals surface area contributed by atoms with Gasteiger partial charge in [-0.3, -0.25) is 0 Å². The van der Waals surface area contributed by atoms with E-state index in [2.05, 4.69) is 15.5 Å². The summed E-state index contributed by atoms with van der Waals surface area (Å²) >= 11 is 6.01. The number of ether oxygens (including phenoxy) is 1. The summed E-state index contributed by atoms with van der Waals surface area (Å²) in [6.07, 6.45) is 0.840. The minimum Gasteiger partial charge on any atom is -0.397 e. The van der Waals surface area contributed by atoms with Gasteiger partial charge in [0.1, 0.15) is 0 Å². The molecule has 2 N–H and O–H groups in total. The molecule has 1 heterocycles. The van der Waals surface area contributed by atoms with Crippen molar-refractivity contribution in [2.45, 2.75) is 19.9 Å². The second-order valence-electron chi connectivity index (χ2n) is 3.98. The Bertz CT molecular complexity index is 543. The summed E-state index contributed by atoms with van der Waals surface area (Å²) in [4.78, 5) is 0. The Hall–Kier alpha value is -1.66. The van der Waals surface area contributed by atoms with Crippen LogP contribution in [0.3, 0.4) is 0 Å². The van der Waals surface area contributed by atoms with E-state index in [-0.39, 0.29) is 0 Å². The summed E-state index contributed by atoms with van der Waals surface area (Å²) in [6, 6.07) is 5.42. The van der Waals surface area contributed by atoms with Crippen molar-refractivity contribution in [3.8, 4) is 11.4 Å². The second-order valence-corrected chi connectivity index (χ2v) is 4.38. The average molecular weight is 282 g/mol. The molecule has 6 nitrogen and oxygen atoms in total. The van der Waals surface area contributed by atoms with Crippen molar-refractivity contribution >= 4 is 17.3 Å². The molecule has 0 aliphatic carbocycles. The number of para-hydroxylation sites is 1. The minimum absolute atomic E-state index is 0.491. The van der Waals surface area contributed by atoms with Crippen LogP contribution in [0.25, 0.3) is 11.4 Å². The molecule has 0 spiro atoms. The van der Waals surface area contributed by atoms with Gasteiger partial charge in [-0.1, -0.05) is 17.7 Å². The summed E-state index contributed by atoms with van der Waals surface area (Å²) < 4.78 is 7.00. The third-order valence-electron chi connectivity index (χ3n) is 2.69. The van der Waals surface area contributed by atoms with Crippen molar-refractivity contribution in [2.75, 3.05) is 18.9 Å². The first-order valence-corrected chi connectivity index (χ1v) is 6.50. The number of halogens is 1. The lowest BCUT2D eigenvalue weighted by Gasteiger charge is -2.08. The number of anilines is 1. The number of tetrazole rings is 1. The third-order valence-corrected chi connectivity index (χ3v) is 3.02. The minimum atomic E-state index is 0.491. The van der Waals surface area contributed by atoms with Crippen LogP contribution in [0.5, 0.6) is 0 Å². The van der Waals surface area contributed by atoms with Crippen molar-refractivity contribution in [2.24, 2.45) is 0 Å². The topological polar surface area (TPSA) is 78.8 Å². The Kier molecular flexibility index (Phi) is 4.70. The molecule has 0 unspecified atom stereocenters. The molecule has 1 aromatic carbocycles. The van der Waals surface area contributed by atoms with Crippen LogP contribution in [0.4, 0.5) is 5.69 Å². The van der Waals surface area contributed by atoms with Crippen LogP contribution in [-0.4, -0.2) is 33.4 Å². The summed E-state index contributed by atoms with van der Waals surface area (Å²) in [5, 5.41) is 12.2. The summed E-state index contributed by atoms with van der Waals surface area (Å²) in [7, 11) is 0. The quantitative estimate of drug-likeness (QED) is 0.647.